The van der Waals surface area contributed by atoms with Gasteiger partial charge >= 0.3 is 0 Å². The zero-order valence-electron chi connectivity index (χ0n) is 14.4. The van der Waals surface area contributed by atoms with Gasteiger partial charge in [0.05, 0.1) is 16.3 Å². The van der Waals surface area contributed by atoms with Gasteiger partial charge in [0.25, 0.3) is 5.69 Å². The van der Waals surface area contributed by atoms with Crippen molar-refractivity contribution in [3.63, 3.8) is 0 Å². The lowest BCUT2D eigenvalue weighted by Gasteiger charge is -2.28. The number of para-hydroxylation sites is 1. The van der Waals surface area contributed by atoms with Gasteiger partial charge in [0.2, 0.25) is 5.12 Å². The van der Waals surface area contributed by atoms with Crippen molar-refractivity contribution in [1.82, 2.24) is 10.9 Å². The summed E-state index contributed by atoms with van der Waals surface area (Å²) >= 11 is 9.12. The number of nitrogens with zero attached hydrogens (tertiary/aromatic N) is 3. The molecule has 7 nitrogen and oxygen atoms in total. The quantitative estimate of drug-likeness (QED) is 0.178. The first-order valence-electron chi connectivity index (χ1n) is 8.36. The fourth-order valence-corrected chi connectivity index (χ4v) is 3.52. The van der Waals surface area contributed by atoms with Crippen molar-refractivity contribution in [2.24, 2.45) is 0 Å². The third kappa shape index (κ3) is 3.63. The third-order valence-electron chi connectivity index (χ3n) is 4.27. The average Bonchev–Trinajstić information content (AvgIpc) is 3.08. The van der Waals surface area contributed by atoms with E-state index in [1.54, 1.807) is 22.4 Å². The van der Waals surface area contributed by atoms with E-state index in [-0.39, 0.29) is 5.69 Å². The van der Waals surface area contributed by atoms with Gasteiger partial charge in [0.15, 0.2) is 0 Å². The molecule has 0 amide bonds. The molecule has 142 valence electrons. The first-order chi connectivity index (χ1) is 13.5. The van der Waals surface area contributed by atoms with Crippen molar-refractivity contribution >= 4 is 51.3 Å². The van der Waals surface area contributed by atoms with E-state index < -0.39 is 10.0 Å². The van der Waals surface area contributed by atoms with Gasteiger partial charge in [0.1, 0.15) is 0 Å². The minimum atomic E-state index is -1.19. The lowest BCUT2D eigenvalue weighted by Crippen LogP contribution is -2.45. The van der Waals surface area contributed by atoms with Crippen molar-refractivity contribution in [2.45, 2.75) is 5.12 Å². The molecule has 1 unspecified atom stereocenters. The van der Waals surface area contributed by atoms with E-state index in [0.29, 0.717) is 5.56 Å². The van der Waals surface area contributed by atoms with Gasteiger partial charge in [-0.15, -0.1) is 0 Å². The molecule has 2 N–H and O–H groups in total. The Kier molecular flexibility index (Phi) is 5.11. The number of nitro benzene ring substituents is 1. The second-order valence-corrected chi connectivity index (χ2v) is 7.93. The van der Waals surface area contributed by atoms with Gasteiger partial charge in [-0.2, -0.15) is 21.1 Å². The minimum Gasteiger partial charge on any atom is -0.258 e. The van der Waals surface area contributed by atoms with Crippen LogP contribution in [0.25, 0.3) is 0 Å². The maximum Gasteiger partial charge on any atom is 0.269 e. The number of halogens is 2. The molecular weight excluding hydrogens is 493 g/mol. The van der Waals surface area contributed by atoms with E-state index in [9.17, 15) is 10.1 Å². The molecule has 0 saturated carbocycles. The lowest BCUT2D eigenvalue weighted by atomic mass is 10.1. The monoisotopic (exact) mass is 507 g/mol. The van der Waals surface area contributed by atoms with Crippen LogP contribution in [0.5, 0.6) is 0 Å². The van der Waals surface area contributed by atoms with E-state index in [0.717, 1.165) is 14.9 Å². The predicted molar refractivity (Wildman–Crippen MR) is 117 cm³/mol. The van der Waals surface area contributed by atoms with Gasteiger partial charge in [0, 0.05) is 21.3 Å². The number of hydrogen-bond donors (Lipinski definition) is 2. The largest absolute Gasteiger partial charge is 0.269 e. The van der Waals surface area contributed by atoms with Crippen LogP contribution in [0.1, 0.15) is 5.56 Å². The number of hydrogen-bond acceptors (Lipinski definition) is 6. The number of benzene rings is 3. The molecule has 1 heterocycles. The fraction of sp³-hybridized carbons (Fsp3) is 0.0526. The Morgan fingerprint density at radius 1 is 0.857 bits per heavy atom. The fourth-order valence-electron chi connectivity index (χ4n) is 2.87. The van der Waals surface area contributed by atoms with E-state index in [1.165, 1.54) is 12.1 Å². The van der Waals surface area contributed by atoms with E-state index in [2.05, 4.69) is 33.4 Å². The number of hydrazine groups is 3. The van der Waals surface area contributed by atoms with Crippen molar-refractivity contribution in [3.05, 3.63) is 98.1 Å². The highest BCUT2D eigenvalue weighted by Gasteiger charge is 2.43. The molecule has 1 atom stereocenters. The van der Waals surface area contributed by atoms with E-state index in [4.69, 9.17) is 11.6 Å². The van der Waals surface area contributed by atoms with Crippen LogP contribution in [0.3, 0.4) is 0 Å². The number of alkyl halides is 1. The zero-order valence-corrected chi connectivity index (χ0v) is 17.3. The van der Waals surface area contributed by atoms with Crippen LogP contribution in [-0.2, 0) is 5.12 Å². The molecule has 28 heavy (non-hydrogen) atoms. The lowest BCUT2D eigenvalue weighted by molar-refractivity contribution is -0.384. The second kappa shape index (κ2) is 7.55. The molecule has 9 heteroatoms. The Bertz CT molecular complexity index is 987. The van der Waals surface area contributed by atoms with Crippen LogP contribution in [0.4, 0.5) is 17.1 Å². The molecule has 1 aliphatic rings. The van der Waals surface area contributed by atoms with Gasteiger partial charge < -0.3 is 0 Å². The summed E-state index contributed by atoms with van der Waals surface area (Å²) in [6.45, 7) is 0. The highest BCUT2D eigenvalue weighted by atomic mass is 127. The number of non-ortho nitro benzene ring substituents is 1. The number of nitro groups is 1. The summed E-state index contributed by atoms with van der Waals surface area (Å²) in [5.41, 5.74) is 8.92. The van der Waals surface area contributed by atoms with E-state index in [1.807, 2.05) is 54.6 Å². The molecule has 0 aliphatic carbocycles. The number of anilines is 2. The molecule has 0 spiro atoms. The first-order valence-corrected chi connectivity index (χ1v) is 9.82. The summed E-state index contributed by atoms with van der Waals surface area (Å²) in [6.07, 6.45) is 0. The smallest absolute Gasteiger partial charge is 0.258 e. The maximum atomic E-state index is 10.9. The topological polar surface area (TPSA) is 73.7 Å². The average molecular weight is 508 g/mol. The Morgan fingerprint density at radius 3 is 1.93 bits per heavy atom. The second-order valence-electron chi connectivity index (χ2n) is 6.12. The molecule has 3 aromatic rings. The summed E-state index contributed by atoms with van der Waals surface area (Å²) in [5, 5.41) is 13.4. The van der Waals surface area contributed by atoms with Gasteiger partial charge in [-0.1, -0.05) is 29.8 Å². The summed E-state index contributed by atoms with van der Waals surface area (Å²) in [6, 6.07) is 23.8. The van der Waals surface area contributed by atoms with Crippen LogP contribution in [0, 0.1) is 13.7 Å². The molecule has 0 bridgehead atoms. The SMILES string of the molecule is O=[N+]([O-])c1ccc(C2(Cl)NN(c3ccccc3)N(c3ccc(I)cc3)N2)cc1. The van der Waals surface area contributed by atoms with E-state index >= 15 is 0 Å². The molecular formula is C19H15ClIN5O2. The molecule has 1 fully saturated rings. The Balaban J connectivity index is 1.72. The molecule has 0 aromatic heterocycles. The van der Waals surface area contributed by atoms with Gasteiger partial charge in [-0.3, -0.25) is 10.1 Å². The molecule has 4 rings (SSSR count). The number of rotatable bonds is 4. The normalized spacial score (nSPS) is 19.1. The van der Waals surface area contributed by atoms with Crippen molar-refractivity contribution < 1.29 is 4.92 Å². The molecule has 0 radical (unpaired) electrons. The number of nitrogens with one attached hydrogen (secondary N) is 2. The Labute approximate surface area is 180 Å². The Morgan fingerprint density at radius 2 is 1.39 bits per heavy atom. The predicted octanol–water partition coefficient (Wildman–Crippen LogP) is 4.50. The highest BCUT2D eigenvalue weighted by Crippen LogP contribution is 2.34. The zero-order chi connectivity index (χ0) is 19.7. The van der Waals surface area contributed by atoms with Gasteiger partial charge in [-0.05, 0) is 71.1 Å². The van der Waals surface area contributed by atoms with Crippen LogP contribution < -0.4 is 21.1 Å². The van der Waals surface area contributed by atoms with Crippen LogP contribution >= 0.6 is 34.2 Å². The summed E-state index contributed by atoms with van der Waals surface area (Å²) in [4.78, 5) is 10.5. The summed E-state index contributed by atoms with van der Waals surface area (Å²) in [5.74, 6) is 0. The standard InChI is InChI=1S/C19H15ClIN5O2/c20-19(14-6-10-18(11-7-14)26(27)28)22-24(16-4-2-1-3-5-16)25(23-19)17-12-8-15(21)9-13-17/h1-13,22-23H. The van der Waals surface area contributed by atoms with Crippen LogP contribution in [0.2, 0.25) is 0 Å². The maximum absolute atomic E-state index is 10.9. The van der Waals surface area contributed by atoms with Gasteiger partial charge in [-0.25, -0.2) is 0 Å². The minimum absolute atomic E-state index is 0.0106. The van der Waals surface area contributed by atoms with Crippen molar-refractivity contribution in [3.8, 4) is 0 Å². The first kappa shape index (κ1) is 18.9. The molecule has 1 saturated heterocycles. The summed E-state index contributed by atoms with van der Waals surface area (Å²) in [7, 11) is 0. The highest BCUT2D eigenvalue weighted by molar-refractivity contribution is 14.1. The van der Waals surface area contributed by atoms with Crippen LogP contribution in [-0.4, -0.2) is 4.92 Å². The van der Waals surface area contributed by atoms with Crippen molar-refractivity contribution in [2.75, 3.05) is 10.2 Å². The molecule has 1 aliphatic heterocycles. The van der Waals surface area contributed by atoms with Crippen molar-refractivity contribution in [1.29, 1.82) is 0 Å². The van der Waals surface area contributed by atoms with Crippen LogP contribution in [0.15, 0.2) is 78.9 Å². The summed E-state index contributed by atoms with van der Waals surface area (Å²) < 4.78 is 1.12. The Hall–Kier alpha value is -2.40. The third-order valence-corrected chi connectivity index (χ3v) is 5.37. The molecule has 3 aromatic carbocycles.